The van der Waals surface area contributed by atoms with Gasteiger partial charge in [-0.3, -0.25) is 13.6 Å². The first-order valence-corrected chi connectivity index (χ1v) is 12.8. The second-order valence-electron chi connectivity index (χ2n) is 7.53. The van der Waals surface area contributed by atoms with Gasteiger partial charge in [0.2, 0.25) is 0 Å². The highest BCUT2D eigenvalue weighted by Crippen LogP contribution is 2.60. The molecule has 0 saturated carbocycles. The molecule has 18 nitrogen and oxygen atoms in total. The van der Waals surface area contributed by atoms with Crippen molar-refractivity contribution in [3.8, 4) is 0 Å². The Hall–Kier alpha value is -1.76. The lowest BCUT2D eigenvalue weighted by atomic mass is 10.1. The maximum absolute atomic E-state index is 12.1. The van der Waals surface area contributed by atoms with Crippen LogP contribution >= 0.6 is 15.6 Å². The third-order valence-electron chi connectivity index (χ3n) is 5.13. The quantitative estimate of drug-likeness (QED) is 0.128. The van der Waals surface area contributed by atoms with Crippen molar-refractivity contribution in [3.05, 3.63) is 19.3 Å². The van der Waals surface area contributed by atoms with E-state index in [1.54, 1.807) is 0 Å². The molecule has 0 spiro atoms. The van der Waals surface area contributed by atoms with Crippen LogP contribution in [0.2, 0.25) is 0 Å². The normalized spacial score (nSPS) is 34.5. The number of phosphoric ester groups is 2. The van der Waals surface area contributed by atoms with Crippen LogP contribution in [0.5, 0.6) is 0 Å². The molecule has 2 aromatic heterocycles. The number of imidazole rings is 1. The van der Waals surface area contributed by atoms with Crippen LogP contribution < -0.4 is 5.73 Å². The highest BCUT2D eigenvalue weighted by Gasteiger charge is 2.48. The van der Waals surface area contributed by atoms with E-state index in [0.29, 0.717) is 0 Å². The lowest BCUT2D eigenvalue weighted by Crippen LogP contribution is -2.33. The van der Waals surface area contributed by atoms with Gasteiger partial charge in [-0.05, 0) is 0 Å². The van der Waals surface area contributed by atoms with Crippen molar-refractivity contribution in [2.75, 3.05) is 18.9 Å². The van der Waals surface area contributed by atoms with Crippen LogP contribution in [0.4, 0.5) is 5.82 Å². The Bertz CT molecular complexity index is 1150. The van der Waals surface area contributed by atoms with Gasteiger partial charge in [-0.1, -0.05) is 0 Å². The molecule has 2 saturated heterocycles. The SMILES string of the molecule is Nc1ncnc2c1ncn2[C@@H]1O[C@H](COP(=O)(O)OP(=O)(O)OC[C@H]2O[CH+][C@H](O)[C@@H]2O)[C@@H](O)[C@H]1O. The number of nitrogens with two attached hydrogens (primary N) is 1. The van der Waals surface area contributed by atoms with Crippen LogP contribution in [-0.4, -0.2) is 99.6 Å². The standard InChI is InChI=1S/C15H21N5O13P2/c16-13-9-14(18-4-17-13)20(5-19-9)15-12(24)11(23)8(32-15)3-31-35(27,28)33-34(25,26)30-2-7-10(22)6(21)1-29-7/h1,4-8,10-12,15,21-24H,2-3H2,(H3-,16,17,18,25,26,27,28)/p+1/t6-,7+,8+,10-,11+,12+,15+/m0/s1. The van der Waals surface area contributed by atoms with Gasteiger partial charge >= 0.3 is 15.6 Å². The summed E-state index contributed by atoms with van der Waals surface area (Å²) in [7, 11) is -10.5. The monoisotopic (exact) mass is 542 g/mol. The first-order valence-electron chi connectivity index (χ1n) is 9.84. The van der Waals surface area contributed by atoms with Crippen molar-refractivity contribution in [1.29, 1.82) is 0 Å². The van der Waals surface area contributed by atoms with Gasteiger partial charge in [0.25, 0.3) is 12.7 Å². The van der Waals surface area contributed by atoms with Crippen LogP contribution in [-0.2, 0) is 32.0 Å². The highest BCUT2D eigenvalue weighted by atomic mass is 31.3. The Morgan fingerprint density at radius 3 is 2.29 bits per heavy atom. The van der Waals surface area contributed by atoms with Gasteiger partial charge in [0.05, 0.1) is 19.5 Å². The smallest absolute Gasteiger partial charge is 0.387 e. The number of nitrogen functional groups attached to an aromatic ring is 1. The van der Waals surface area contributed by atoms with E-state index in [1.165, 1.54) is 10.9 Å². The van der Waals surface area contributed by atoms with E-state index >= 15 is 0 Å². The molecule has 0 aromatic carbocycles. The highest BCUT2D eigenvalue weighted by molar-refractivity contribution is 7.61. The van der Waals surface area contributed by atoms with E-state index in [2.05, 4.69) is 28.3 Å². The Morgan fingerprint density at radius 1 is 1.00 bits per heavy atom. The minimum Gasteiger partial charge on any atom is -0.387 e. The molecule has 4 rings (SSSR count). The Labute approximate surface area is 196 Å². The molecule has 194 valence electrons. The number of hydrogen-bond acceptors (Lipinski definition) is 15. The van der Waals surface area contributed by atoms with Gasteiger partial charge in [0, 0.05) is 0 Å². The number of rotatable bonds is 9. The van der Waals surface area contributed by atoms with Crippen molar-refractivity contribution < 1.29 is 62.2 Å². The maximum atomic E-state index is 12.1. The number of fused-ring (bicyclic) bond motifs is 1. The molecule has 20 heteroatoms. The molecular formula is C15H22N5O13P2+. The summed E-state index contributed by atoms with van der Waals surface area (Å²) in [5, 5.41) is 39.6. The summed E-state index contributed by atoms with van der Waals surface area (Å²) in [6.45, 7) is -0.739. The van der Waals surface area contributed by atoms with Gasteiger partial charge in [-0.25, -0.2) is 24.1 Å². The first kappa shape index (κ1) is 26.3. The lowest BCUT2D eigenvalue weighted by molar-refractivity contribution is -0.0505. The molecule has 8 N–H and O–H groups in total. The van der Waals surface area contributed by atoms with Crippen LogP contribution in [0.1, 0.15) is 6.23 Å². The molecule has 0 aliphatic carbocycles. The van der Waals surface area contributed by atoms with Crippen LogP contribution in [0, 0.1) is 6.61 Å². The van der Waals surface area contributed by atoms with Crippen molar-refractivity contribution in [2.24, 2.45) is 0 Å². The summed E-state index contributed by atoms with van der Waals surface area (Å²) in [5.41, 5.74) is 6.12. The average Bonchev–Trinajstić information content (AvgIpc) is 3.43. The number of anilines is 1. The molecule has 2 aliphatic heterocycles. The summed E-state index contributed by atoms with van der Waals surface area (Å²) < 4.78 is 49.0. The predicted octanol–water partition coefficient (Wildman–Crippen LogP) is -2.44. The molecule has 4 heterocycles. The fourth-order valence-corrected chi connectivity index (χ4v) is 5.46. The Kier molecular flexibility index (Phi) is 7.48. The molecule has 2 aliphatic rings. The lowest BCUT2D eigenvalue weighted by Gasteiger charge is -2.19. The zero-order valence-corrected chi connectivity index (χ0v) is 19.3. The zero-order chi connectivity index (χ0) is 25.5. The predicted molar refractivity (Wildman–Crippen MR) is 109 cm³/mol. The van der Waals surface area contributed by atoms with E-state index in [-0.39, 0.29) is 17.0 Å². The van der Waals surface area contributed by atoms with E-state index < -0.39 is 71.7 Å². The number of hydrogen-bond donors (Lipinski definition) is 7. The molecule has 35 heavy (non-hydrogen) atoms. The van der Waals surface area contributed by atoms with E-state index in [0.717, 1.165) is 12.9 Å². The van der Waals surface area contributed by atoms with Crippen molar-refractivity contribution in [2.45, 2.75) is 42.9 Å². The summed E-state index contributed by atoms with van der Waals surface area (Å²) in [4.78, 5) is 31.3. The second kappa shape index (κ2) is 9.95. The number of nitrogens with zero attached hydrogens (tertiary/aromatic N) is 4. The number of phosphoric acid groups is 2. The number of ether oxygens (including phenoxy) is 2. The van der Waals surface area contributed by atoms with Crippen LogP contribution in [0.3, 0.4) is 0 Å². The van der Waals surface area contributed by atoms with Gasteiger partial charge < -0.3 is 40.7 Å². The summed E-state index contributed by atoms with van der Waals surface area (Å²) in [6, 6.07) is 0. The molecule has 2 unspecified atom stereocenters. The molecule has 0 amide bonds. The number of aliphatic hydroxyl groups excluding tert-OH is 4. The third-order valence-corrected chi connectivity index (χ3v) is 7.73. The van der Waals surface area contributed by atoms with Gasteiger partial charge in [0.15, 0.2) is 29.9 Å². The van der Waals surface area contributed by atoms with Crippen molar-refractivity contribution in [1.82, 2.24) is 19.5 Å². The third kappa shape index (κ3) is 5.65. The summed E-state index contributed by atoms with van der Waals surface area (Å²) >= 11 is 0. The van der Waals surface area contributed by atoms with Crippen molar-refractivity contribution >= 4 is 32.6 Å². The van der Waals surface area contributed by atoms with Crippen LogP contribution in [0.25, 0.3) is 11.2 Å². The molecule has 9 atom stereocenters. The van der Waals surface area contributed by atoms with E-state index in [4.69, 9.17) is 15.2 Å². The largest absolute Gasteiger partial charge is 0.481 e. The molecule has 2 fully saturated rings. The number of aliphatic hydroxyl groups is 4. The topological polar surface area (TPSA) is 271 Å². The van der Waals surface area contributed by atoms with E-state index in [9.17, 15) is 39.3 Å². The van der Waals surface area contributed by atoms with Gasteiger partial charge in [0.1, 0.15) is 30.2 Å². The molecular weight excluding hydrogens is 520 g/mol. The van der Waals surface area contributed by atoms with Crippen LogP contribution in [0.15, 0.2) is 12.7 Å². The maximum Gasteiger partial charge on any atom is 0.481 e. The Balaban J connectivity index is 1.34. The van der Waals surface area contributed by atoms with E-state index in [1.807, 2.05) is 0 Å². The number of aromatic nitrogens is 4. The Morgan fingerprint density at radius 2 is 1.66 bits per heavy atom. The minimum atomic E-state index is -5.25. The summed E-state index contributed by atoms with van der Waals surface area (Å²) in [6.07, 6.45) is -7.42. The summed E-state index contributed by atoms with van der Waals surface area (Å²) in [5.74, 6) is 0.0685. The first-order chi connectivity index (χ1) is 16.4. The molecule has 0 bridgehead atoms. The minimum absolute atomic E-state index is 0.0685. The average molecular weight is 542 g/mol. The van der Waals surface area contributed by atoms with Gasteiger partial charge in [-0.2, -0.15) is 9.05 Å². The fourth-order valence-electron chi connectivity index (χ4n) is 3.37. The molecule has 0 radical (unpaired) electrons. The zero-order valence-electron chi connectivity index (χ0n) is 17.5. The second-order valence-corrected chi connectivity index (χ2v) is 10.6. The van der Waals surface area contributed by atoms with Gasteiger partial charge in [-0.15, -0.1) is 0 Å². The molecule has 2 aromatic rings. The van der Waals surface area contributed by atoms with Crippen molar-refractivity contribution in [3.63, 3.8) is 0 Å². The fraction of sp³-hybridized carbons (Fsp3) is 0.600.